The molecule has 0 saturated carbocycles. The summed E-state index contributed by atoms with van der Waals surface area (Å²) in [4.78, 5) is 0. The van der Waals surface area contributed by atoms with Crippen LogP contribution in [0.5, 0.6) is 0 Å². The molecule has 3 rings (SSSR count). The molecule has 0 amide bonds. The van der Waals surface area contributed by atoms with Gasteiger partial charge in [-0.05, 0) is 23.0 Å². The molecule has 0 N–H and O–H groups in total. The van der Waals surface area contributed by atoms with Crippen molar-refractivity contribution in [3.63, 3.8) is 0 Å². The number of halogens is 2. The average molecular weight is 452 g/mol. The van der Waals surface area contributed by atoms with Crippen LogP contribution in [-0.2, 0) is 32.7 Å². The van der Waals surface area contributed by atoms with Gasteiger partial charge in [0.2, 0.25) is 0 Å². The van der Waals surface area contributed by atoms with Crippen molar-refractivity contribution in [2.75, 3.05) is 0 Å². The molecule has 0 bridgehead atoms. The van der Waals surface area contributed by atoms with E-state index in [2.05, 4.69) is 82.3 Å². The van der Waals surface area contributed by atoms with Crippen molar-refractivity contribution in [3.05, 3.63) is 65.7 Å². The molecule has 0 aliphatic rings. The van der Waals surface area contributed by atoms with Gasteiger partial charge in [0.05, 0.1) is 0 Å². The second-order valence-corrected chi connectivity index (χ2v) is 11.1. The van der Waals surface area contributed by atoms with Crippen molar-refractivity contribution in [2.24, 2.45) is 0 Å². The average Bonchev–Trinajstić information content (AvgIpc) is 2.98. The predicted molar refractivity (Wildman–Crippen MR) is 109 cm³/mol. The third kappa shape index (κ3) is 5.49. The summed E-state index contributed by atoms with van der Waals surface area (Å²) in [7, 11) is 9.87. The molecule has 132 valence electrons. The SMILES string of the molecule is CCCc1cc2c(-c3ccc(C(C)(C)C)cc3)cccc2[cH-]1.[Cl][Zr][Cl]. The zero-order chi connectivity index (χ0) is 18.4. The van der Waals surface area contributed by atoms with E-state index in [9.17, 15) is 0 Å². The molecule has 25 heavy (non-hydrogen) atoms. The van der Waals surface area contributed by atoms with E-state index in [-0.39, 0.29) is 5.41 Å². The van der Waals surface area contributed by atoms with Gasteiger partial charge in [-0.1, -0.05) is 70.0 Å². The van der Waals surface area contributed by atoms with E-state index < -0.39 is 20.8 Å². The van der Waals surface area contributed by atoms with Gasteiger partial charge in [0, 0.05) is 0 Å². The minimum absolute atomic E-state index is 0.207. The van der Waals surface area contributed by atoms with Crippen LogP contribution in [0.3, 0.4) is 0 Å². The minimum atomic E-state index is -0.826. The Kier molecular flexibility index (Phi) is 7.87. The maximum absolute atomic E-state index is 4.93. The predicted octanol–water partition coefficient (Wildman–Crippen LogP) is 7.85. The van der Waals surface area contributed by atoms with Gasteiger partial charge in [0.25, 0.3) is 0 Å². The fourth-order valence-corrected chi connectivity index (χ4v) is 3.13. The van der Waals surface area contributed by atoms with Gasteiger partial charge in [-0.25, -0.2) is 0 Å². The Labute approximate surface area is 170 Å². The molecule has 0 unspecified atom stereocenters. The van der Waals surface area contributed by atoms with Crippen LogP contribution in [-0.4, -0.2) is 0 Å². The van der Waals surface area contributed by atoms with Crippen molar-refractivity contribution in [1.29, 1.82) is 0 Å². The standard InChI is InChI=1S/C22H25.2ClH.Zr/c1-5-7-16-14-18-8-6-9-20(21(18)15-16)17-10-12-19(13-11-17)22(2,3)4;;;/h6,8-15H,5,7H2,1-4H3;2*1H;/q-1;;;+2/p-2. The van der Waals surface area contributed by atoms with Crippen LogP contribution in [0.2, 0.25) is 0 Å². The molecule has 0 aliphatic heterocycles. The molecule has 3 aromatic carbocycles. The fourth-order valence-electron chi connectivity index (χ4n) is 3.13. The Balaban J connectivity index is 0.000000701. The number of hydrogen-bond acceptors (Lipinski definition) is 0. The van der Waals surface area contributed by atoms with Gasteiger partial charge in [0.15, 0.2) is 0 Å². The zero-order valence-corrected chi connectivity index (χ0v) is 19.3. The molecule has 0 spiro atoms. The van der Waals surface area contributed by atoms with E-state index in [1.54, 1.807) is 0 Å². The van der Waals surface area contributed by atoms with Crippen molar-refractivity contribution in [2.45, 2.75) is 46.0 Å². The Bertz CT molecular complexity index is 795. The summed E-state index contributed by atoms with van der Waals surface area (Å²) in [5, 5.41) is 2.75. The van der Waals surface area contributed by atoms with Crippen molar-refractivity contribution >= 4 is 27.8 Å². The van der Waals surface area contributed by atoms with Crippen LogP contribution in [0.4, 0.5) is 0 Å². The molecule has 0 saturated heterocycles. The zero-order valence-electron chi connectivity index (χ0n) is 15.4. The molecule has 0 atom stereocenters. The fraction of sp³-hybridized carbons (Fsp3) is 0.318. The Morgan fingerprint density at radius 2 is 1.64 bits per heavy atom. The van der Waals surface area contributed by atoms with E-state index in [1.165, 1.54) is 39.4 Å². The van der Waals surface area contributed by atoms with Gasteiger partial charge < -0.3 is 0 Å². The molecule has 0 aliphatic carbocycles. The molecular weight excluding hydrogens is 426 g/mol. The van der Waals surface area contributed by atoms with Crippen molar-refractivity contribution in [3.8, 4) is 11.1 Å². The third-order valence-corrected chi connectivity index (χ3v) is 4.41. The van der Waals surface area contributed by atoms with E-state index >= 15 is 0 Å². The van der Waals surface area contributed by atoms with Crippen LogP contribution in [0.15, 0.2) is 54.6 Å². The van der Waals surface area contributed by atoms with E-state index in [0.717, 1.165) is 6.42 Å². The molecular formula is C22H25Cl2Zr-. The topological polar surface area (TPSA) is 0 Å². The van der Waals surface area contributed by atoms with Gasteiger partial charge >= 0.3 is 37.9 Å². The number of aryl methyl sites for hydroxylation is 1. The first-order chi connectivity index (χ1) is 11.9. The van der Waals surface area contributed by atoms with Gasteiger partial charge in [-0.2, -0.15) is 6.07 Å². The Hall–Kier alpha value is -0.487. The summed E-state index contributed by atoms with van der Waals surface area (Å²) in [5.74, 6) is 0. The second kappa shape index (κ2) is 9.45. The molecule has 0 nitrogen and oxygen atoms in total. The van der Waals surface area contributed by atoms with Crippen LogP contribution >= 0.6 is 17.0 Å². The number of rotatable bonds is 3. The summed E-state index contributed by atoms with van der Waals surface area (Å²) in [6.07, 6.45) is 2.36. The summed E-state index contributed by atoms with van der Waals surface area (Å²) >= 11 is -0.826. The van der Waals surface area contributed by atoms with Crippen LogP contribution in [0.1, 0.15) is 45.2 Å². The van der Waals surface area contributed by atoms with E-state index in [0.29, 0.717) is 0 Å². The monoisotopic (exact) mass is 449 g/mol. The molecule has 0 heterocycles. The van der Waals surface area contributed by atoms with Crippen LogP contribution < -0.4 is 0 Å². The summed E-state index contributed by atoms with van der Waals surface area (Å²) in [6, 6.07) is 20.4. The van der Waals surface area contributed by atoms with Gasteiger partial charge in [-0.3, -0.25) is 0 Å². The normalized spacial score (nSPS) is 11.1. The molecule has 3 heteroatoms. The van der Waals surface area contributed by atoms with Gasteiger partial charge in [-0.15, -0.1) is 34.5 Å². The number of benzene rings is 2. The molecule has 3 aromatic rings. The Morgan fingerprint density at radius 3 is 2.20 bits per heavy atom. The summed E-state index contributed by atoms with van der Waals surface area (Å²) < 4.78 is 0. The quantitative estimate of drug-likeness (QED) is 0.356. The van der Waals surface area contributed by atoms with Gasteiger partial charge in [0.1, 0.15) is 0 Å². The maximum atomic E-state index is 4.93. The summed E-state index contributed by atoms with van der Waals surface area (Å²) in [6.45, 7) is 9.02. The van der Waals surface area contributed by atoms with Crippen LogP contribution in [0.25, 0.3) is 21.9 Å². The summed E-state index contributed by atoms with van der Waals surface area (Å²) in [5.41, 5.74) is 5.71. The first-order valence-electron chi connectivity index (χ1n) is 8.66. The molecule has 0 radical (unpaired) electrons. The number of fused-ring (bicyclic) bond motifs is 1. The second-order valence-electron chi connectivity index (χ2n) is 7.32. The van der Waals surface area contributed by atoms with Crippen LogP contribution in [0, 0.1) is 0 Å². The molecule has 0 aromatic heterocycles. The number of hydrogen-bond donors (Lipinski definition) is 0. The molecule has 0 fully saturated rings. The first-order valence-corrected chi connectivity index (χ1v) is 15.0. The first kappa shape index (κ1) is 20.8. The van der Waals surface area contributed by atoms with E-state index in [4.69, 9.17) is 17.0 Å². The van der Waals surface area contributed by atoms with Crippen molar-refractivity contribution in [1.82, 2.24) is 0 Å². The van der Waals surface area contributed by atoms with Crippen molar-refractivity contribution < 1.29 is 20.8 Å². The van der Waals surface area contributed by atoms with E-state index in [1.807, 2.05) is 0 Å². The third-order valence-electron chi connectivity index (χ3n) is 4.41. The Morgan fingerprint density at radius 1 is 1.00 bits per heavy atom.